The molecule has 0 unspecified atom stereocenters. The molecule has 2 fully saturated rings. The second-order valence-corrected chi connectivity index (χ2v) is 12.8. The van der Waals surface area contributed by atoms with Gasteiger partial charge in [0, 0.05) is 12.1 Å². The number of esters is 4. The monoisotopic (exact) mass is 752 g/mol. The van der Waals surface area contributed by atoms with Crippen molar-refractivity contribution in [1.82, 2.24) is 19.6 Å². The first-order chi connectivity index (χ1) is 25.7. The second-order valence-electron chi connectivity index (χ2n) is 12.8. The van der Waals surface area contributed by atoms with Gasteiger partial charge in [0.1, 0.15) is 25.3 Å². The fourth-order valence-corrected chi connectivity index (χ4v) is 5.49. The maximum Gasteiger partial charge on any atom is 0.325 e. The summed E-state index contributed by atoms with van der Waals surface area (Å²) in [4.78, 5) is 105. The number of carbonyl (C=O) groups excluding carboxylic acids is 8. The van der Waals surface area contributed by atoms with E-state index < -0.39 is 98.0 Å². The van der Waals surface area contributed by atoms with Gasteiger partial charge in [-0.25, -0.2) is 9.80 Å². The van der Waals surface area contributed by atoms with Crippen LogP contribution in [0.3, 0.4) is 0 Å². The summed E-state index contributed by atoms with van der Waals surface area (Å²) < 4.78 is 20.3. The molecule has 2 aromatic rings. The topological polar surface area (TPSA) is 238 Å². The Morgan fingerprint density at radius 3 is 1.19 bits per heavy atom. The molecule has 0 aliphatic carbocycles. The molecule has 18 heteroatoms. The Morgan fingerprint density at radius 1 is 0.556 bits per heavy atom. The number of hydrogen-bond donors (Lipinski definition) is 2. The molecule has 54 heavy (non-hydrogen) atoms. The van der Waals surface area contributed by atoms with Gasteiger partial charge in [0.25, 0.3) is 0 Å². The second kappa shape index (κ2) is 19.5. The van der Waals surface area contributed by atoms with E-state index in [9.17, 15) is 38.4 Å². The summed E-state index contributed by atoms with van der Waals surface area (Å²) in [5.74, 6) is -6.08. The Balaban J connectivity index is 1.17. The van der Waals surface area contributed by atoms with Gasteiger partial charge in [0.05, 0.1) is 39.0 Å². The smallest absolute Gasteiger partial charge is 0.325 e. The molecule has 4 amide bonds. The quantitative estimate of drug-likeness (QED) is 0.112. The Kier molecular flexibility index (Phi) is 14.9. The van der Waals surface area contributed by atoms with E-state index in [2.05, 4.69) is 0 Å². The van der Waals surface area contributed by atoms with Crippen LogP contribution in [-0.4, -0.2) is 131 Å². The van der Waals surface area contributed by atoms with E-state index in [0.717, 1.165) is 20.9 Å². The molecule has 0 saturated carbocycles. The molecule has 2 aromatic carbocycles. The molecule has 4 rings (SSSR count). The number of ether oxygens (including phenoxy) is 4. The Bertz CT molecular complexity index is 1530. The van der Waals surface area contributed by atoms with Crippen molar-refractivity contribution in [2.24, 2.45) is 11.5 Å². The van der Waals surface area contributed by atoms with Gasteiger partial charge in [0.2, 0.25) is 23.6 Å². The van der Waals surface area contributed by atoms with Crippen molar-refractivity contribution in [3.8, 4) is 0 Å². The first kappa shape index (κ1) is 41.2. The number of hydrogen-bond acceptors (Lipinski definition) is 16. The highest BCUT2D eigenvalue weighted by atomic mass is 16.6. The maximum absolute atomic E-state index is 12.9. The minimum absolute atomic E-state index is 0.000370. The normalized spacial score (nSPS) is 17.7. The van der Waals surface area contributed by atoms with Gasteiger partial charge in [-0.2, -0.15) is 0 Å². The minimum Gasteiger partial charge on any atom is -0.461 e. The average molecular weight is 753 g/mol. The van der Waals surface area contributed by atoms with Crippen LogP contribution < -0.4 is 11.5 Å². The lowest BCUT2D eigenvalue weighted by molar-refractivity contribution is -0.170. The van der Waals surface area contributed by atoms with Gasteiger partial charge >= 0.3 is 23.9 Å². The Morgan fingerprint density at radius 2 is 0.870 bits per heavy atom. The van der Waals surface area contributed by atoms with Gasteiger partial charge < -0.3 is 30.4 Å². The van der Waals surface area contributed by atoms with Crippen molar-refractivity contribution >= 4 is 47.5 Å². The molecule has 2 saturated heterocycles. The molecule has 18 nitrogen and oxygen atoms in total. The molecular weight excluding hydrogens is 708 g/mol. The summed E-state index contributed by atoms with van der Waals surface area (Å²) >= 11 is 0. The van der Waals surface area contributed by atoms with E-state index in [1.54, 1.807) is 72.2 Å². The predicted octanol–water partition coefficient (Wildman–Crippen LogP) is -0.972. The van der Waals surface area contributed by atoms with E-state index in [4.69, 9.17) is 30.4 Å². The Hall–Kier alpha value is -5.56. The maximum atomic E-state index is 12.9. The van der Waals surface area contributed by atoms with E-state index in [-0.39, 0.29) is 39.4 Å². The minimum atomic E-state index is -1.38. The van der Waals surface area contributed by atoms with Crippen molar-refractivity contribution in [3.05, 3.63) is 71.8 Å². The van der Waals surface area contributed by atoms with Gasteiger partial charge in [-0.3, -0.25) is 48.2 Å². The third-order valence-corrected chi connectivity index (χ3v) is 8.94. The summed E-state index contributed by atoms with van der Waals surface area (Å²) in [5.41, 5.74) is 13.1. The molecule has 0 radical (unpaired) electrons. The highest BCUT2D eigenvalue weighted by Gasteiger charge is 2.40. The number of amides is 4. The summed E-state index contributed by atoms with van der Waals surface area (Å²) in [5, 5.41) is 0. The Labute approximate surface area is 311 Å². The van der Waals surface area contributed by atoms with Crippen LogP contribution in [0.25, 0.3) is 0 Å². The third kappa shape index (κ3) is 11.7. The lowest BCUT2D eigenvalue weighted by atomic mass is 10.1. The van der Waals surface area contributed by atoms with E-state index in [0.29, 0.717) is 0 Å². The molecule has 0 aromatic heterocycles. The van der Waals surface area contributed by atoms with Crippen molar-refractivity contribution in [2.45, 2.75) is 64.1 Å². The summed E-state index contributed by atoms with van der Waals surface area (Å²) in [6.07, 6.45) is -0.938. The average Bonchev–Trinajstić information content (AvgIpc) is 3.15. The van der Waals surface area contributed by atoms with E-state index >= 15 is 0 Å². The van der Waals surface area contributed by atoms with Gasteiger partial charge in [0.15, 0.2) is 13.5 Å². The lowest BCUT2D eigenvalue weighted by Gasteiger charge is -2.43. The van der Waals surface area contributed by atoms with Crippen LogP contribution in [0.2, 0.25) is 0 Å². The van der Waals surface area contributed by atoms with Crippen LogP contribution in [-0.2, 0) is 70.5 Å². The molecule has 0 spiro atoms. The van der Waals surface area contributed by atoms with E-state index in [1.807, 2.05) is 12.1 Å². The number of rotatable bonds is 17. The number of imide groups is 2. The molecule has 4 N–H and O–H groups in total. The summed E-state index contributed by atoms with van der Waals surface area (Å²) in [6, 6.07) is 14.1. The van der Waals surface area contributed by atoms with E-state index in [1.165, 1.54) is 0 Å². The third-order valence-electron chi connectivity index (χ3n) is 8.94. The van der Waals surface area contributed by atoms with Gasteiger partial charge in [-0.05, 0) is 25.0 Å². The fourth-order valence-electron chi connectivity index (χ4n) is 5.49. The van der Waals surface area contributed by atoms with Crippen molar-refractivity contribution in [2.75, 3.05) is 39.6 Å². The van der Waals surface area contributed by atoms with Crippen LogP contribution in [0.1, 0.15) is 37.8 Å². The molecule has 2 aliphatic heterocycles. The fraction of sp³-hybridized carbons (Fsp3) is 0.444. The first-order valence-electron chi connectivity index (χ1n) is 17.1. The highest BCUT2D eigenvalue weighted by molar-refractivity contribution is 6.00. The molecule has 2 heterocycles. The first-order valence-corrected chi connectivity index (χ1v) is 17.1. The van der Waals surface area contributed by atoms with Crippen molar-refractivity contribution in [1.29, 1.82) is 0 Å². The lowest BCUT2D eigenvalue weighted by Crippen LogP contribution is -2.63. The zero-order valence-corrected chi connectivity index (χ0v) is 30.0. The zero-order valence-electron chi connectivity index (χ0n) is 30.0. The van der Waals surface area contributed by atoms with Gasteiger partial charge in [-0.1, -0.05) is 60.7 Å². The van der Waals surface area contributed by atoms with Crippen LogP contribution in [0, 0.1) is 0 Å². The molecule has 2 aliphatic rings. The van der Waals surface area contributed by atoms with Crippen LogP contribution in [0.15, 0.2) is 60.7 Å². The molecule has 0 bridgehead atoms. The van der Waals surface area contributed by atoms with Crippen LogP contribution >= 0.6 is 0 Å². The largest absolute Gasteiger partial charge is 0.461 e. The van der Waals surface area contributed by atoms with Crippen LogP contribution in [0.4, 0.5) is 0 Å². The van der Waals surface area contributed by atoms with Crippen molar-refractivity contribution < 1.29 is 57.3 Å². The summed E-state index contributed by atoms with van der Waals surface area (Å²) in [7, 11) is 0. The standard InChI is InChI=1S/C36H44N6O12/c1-23(39-15-29(43)41(30(44)16-39)21-53-35(49)27(37)13-33(47)51-19-25-9-5-3-6-10-25)24(2)40-17-31(45)42(32(46)18-40)22-54-36(50)28(38)14-34(48)52-20-26-11-7-4-8-12-26/h3-12,23-24,27-28H,13-22,37-38H2,1-2H3/t23-,24+,27-,28-/m0/s1. The predicted molar refractivity (Wildman–Crippen MR) is 185 cm³/mol. The van der Waals surface area contributed by atoms with Crippen LogP contribution in [0.5, 0.6) is 0 Å². The zero-order chi connectivity index (χ0) is 39.4. The van der Waals surface area contributed by atoms with Crippen molar-refractivity contribution in [3.63, 3.8) is 0 Å². The SMILES string of the molecule is C[C@H]([C@H](C)N1CC(=O)N(COC(=O)[C@@H](N)CC(=O)OCc2ccccc2)C(=O)C1)N1CC(=O)N(COC(=O)[C@@H](N)CC(=O)OCc2ccccc2)C(=O)C1. The molecule has 290 valence electrons. The molecular formula is C36H44N6O12. The van der Waals surface area contributed by atoms with Gasteiger partial charge in [-0.15, -0.1) is 0 Å². The number of nitrogens with two attached hydrogens (primary N) is 2. The number of benzene rings is 2. The number of carbonyl (C=O) groups is 8. The molecule has 4 atom stereocenters. The highest BCUT2D eigenvalue weighted by Crippen LogP contribution is 2.18. The number of piperazine rings is 2. The summed E-state index contributed by atoms with van der Waals surface area (Å²) in [6.45, 7) is 1.14. The number of nitrogens with zero attached hydrogens (tertiary/aromatic N) is 4.